The molecule has 1 aliphatic heterocycles. The summed E-state index contributed by atoms with van der Waals surface area (Å²) in [7, 11) is 0. The quantitative estimate of drug-likeness (QED) is 0.803. The molecule has 5 heteroatoms. The Morgan fingerprint density at radius 2 is 2.33 bits per heavy atom. The van der Waals surface area contributed by atoms with E-state index in [1.807, 2.05) is 19.1 Å². The highest BCUT2D eigenvalue weighted by atomic mass is 16.5. The molecule has 5 nitrogen and oxygen atoms in total. The van der Waals surface area contributed by atoms with Gasteiger partial charge in [0.2, 0.25) is 5.91 Å². The average molecular weight is 292 g/mol. The van der Waals surface area contributed by atoms with E-state index in [4.69, 9.17) is 15.2 Å². The van der Waals surface area contributed by atoms with Crippen molar-refractivity contribution in [1.29, 1.82) is 0 Å². The van der Waals surface area contributed by atoms with Gasteiger partial charge in [-0.25, -0.2) is 0 Å². The molecule has 0 aliphatic carbocycles. The number of hydrogen-bond donors (Lipinski definition) is 2. The molecule has 1 aromatic carbocycles. The minimum atomic E-state index is 0.0117. The highest BCUT2D eigenvalue weighted by Crippen LogP contribution is 2.35. The Balaban J connectivity index is 2.07. The van der Waals surface area contributed by atoms with E-state index in [1.54, 1.807) is 0 Å². The fraction of sp³-hybridized carbons (Fsp3) is 0.562. The normalized spacial score (nSPS) is 16.2. The molecule has 1 aliphatic rings. The zero-order valence-corrected chi connectivity index (χ0v) is 12.8. The molecule has 1 amide bonds. The van der Waals surface area contributed by atoms with Gasteiger partial charge < -0.3 is 20.5 Å². The van der Waals surface area contributed by atoms with Gasteiger partial charge >= 0.3 is 0 Å². The van der Waals surface area contributed by atoms with E-state index in [1.165, 1.54) is 5.56 Å². The number of carbonyl (C=O) groups excluding carboxylic acids is 1. The van der Waals surface area contributed by atoms with Gasteiger partial charge in [-0.1, -0.05) is 0 Å². The summed E-state index contributed by atoms with van der Waals surface area (Å²) < 4.78 is 11.5. The van der Waals surface area contributed by atoms with Gasteiger partial charge in [-0.3, -0.25) is 4.79 Å². The predicted molar refractivity (Wildman–Crippen MR) is 81.5 cm³/mol. The molecule has 2 rings (SSSR count). The molecule has 0 saturated carbocycles. The lowest BCUT2D eigenvalue weighted by molar-refractivity contribution is -0.121. The Morgan fingerprint density at radius 3 is 3.05 bits per heavy atom. The van der Waals surface area contributed by atoms with Gasteiger partial charge in [0.05, 0.1) is 6.61 Å². The summed E-state index contributed by atoms with van der Waals surface area (Å²) in [6.07, 6.45) is 2.26. The summed E-state index contributed by atoms with van der Waals surface area (Å²) in [5, 5.41) is 2.90. The maximum absolute atomic E-state index is 11.7. The number of carbonyl (C=O) groups is 1. The molecule has 3 N–H and O–H groups in total. The molecule has 1 aromatic rings. The Morgan fingerprint density at radius 1 is 1.52 bits per heavy atom. The van der Waals surface area contributed by atoms with Crippen LogP contribution in [0.15, 0.2) is 12.1 Å². The zero-order valence-electron chi connectivity index (χ0n) is 12.8. The van der Waals surface area contributed by atoms with E-state index in [0.29, 0.717) is 32.5 Å². The third kappa shape index (κ3) is 4.11. The molecule has 1 unspecified atom stereocenters. The molecular weight excluding hydrogens is 268 g/mol. The lowest BCUT2D eigenvalue weighted by atomic mass is 10.1. The smallest absolute Gasteiger partial charge is 0.220 e. The Hall–Kier alpha value is -1.75. The number of amides is 1. The molecule has 116 valence electrons. The van der Waals surface area contributed by atoms with Crippen LogP contribution in [0.3, 0.4) is 0 Å². The van der Waals surface area contributed by atoms with Crippen molar-refractivity contribution in [3.05, 3.63) is 23.3 Å². The molecule has 1 atom stereocenters. The molecule has 1 heterocycles. The molecule has 0 spiro atoms. The number of hydrogen-bond acceptors (Lipinski definition) is 4. The first-order valence-corrected chi connectivity index (χ1v) is 7.56. The van der Waals surface area contributed by atoms with Crippen molar-refractivity contribution in [1.82, 2.24) is 5.32 Å². The van der Waals surface area contributed by atoms with Gasteiger partial charge in [0.25, 0.3) is 0 Å². The van der Waals surface area contributed by atoms with Crippen molar-refractivity contribution in [2.24, 2.45) is 5.73 Å². The SMILES string of the molecule is CCOc1cc2c(cc1CNC(=O)CCCN)OC(C)C2. The monoisotopic (exact) mass is 292 g/mol. The number of benzene rings is 1. The lowest BCUT2D eigenvalue weighted by Crippen LogP contribution is -2.23. The van der Waals surface area contributed by atoms with Crippen molar-refractivity contribution >= 4 is 5.91 Å². The topological polar surface area (TPSA) is 73.6 Å². The third-order valence-electron chi connectivity index (χ3n) is 3.46. The van der Waals surface area contributed by atoms with Crippen LogP contribution in [0.2, 0.25) is 0 Å². The van der Waals surface area contributed by atoms with Gasteiger partial charge in [0.1, 0.15) is 17.6 Å². The van der Waals surface area contributed by atoms with Gasteiger partial charge in [-0.15, -0.1) is 0 Å². The second-order valence-corrected chi connectivity index (χ2v) is 5.30. The highest BCUT2D eigenvalue weighted by molar-refractivity contribution is 5.76. The summed E-state index contributed by atoms with van der Waals surface area (Å²) in [4.78, 5) is 11.7. The van der Waals surface area contributed by atoms with Crippen molar-refractivity contribution < 1.29 is 14.3 Å². The van der Waals surface area contributed by atoms with Crippen molar-refractivity contribution in [2.45, 2.75) is 45.8 Å². The van der Waals surface area contributed by atoms with E-state index in [2.05, 4.69) is 12.2 Å². The van der Waals surface area contributed by atoms with Crippen molar-refractivity contribution in [3.63, 3.8) is 0 Å². The van der Waals surface area contributed by atoms with Crippen LogP contribution in [-0.4, -0.2) is 25.2 Å². The zero-order chi connectivity index (χ0) is 15.2. The standard InChI is InChI=1S/C16H24N2O3/c1-3-20-14-8-12-7-11(2)21-15(12)9-13(14)10-18-16(19)5-4-6-17/h8-9,11H,3-7,10,17H2,1-2H3,(H,18,19). The highest BCUT2D eigenvalue weighted by Gasteiger charge is 2.21. The predicted octanol–water partition coefficient (Wildman–Crippen LogP) is 1.76. The Bertz CT molecular complexity index is 503. The summed E-state index contributed by atoms with van der Waals surface area (Å²) in [6, 6.07) is 4.01. The van der Waals surface area contributed by atoms with Gasteiger partial charge in [0, 0.05) is 30.5 Å². The molecule has 0 aromatic heterocycles. The van der Waals surface area contributed by atoms with Crippen LogP contribution in [0.4, 0.5) is 0 Å². The maximum Gasteiger partial charge on any atom is 0.220 e. The number of nitrogens with two attached hydrogens (primary N) is 1. The number of rotatable bonds is 7. The van der Waals surface area contributed by atoms with Gasteiger partial charge in [-0.05, 0) is 38.9 Å². The van der Waals surface area contributed by atoms with Crippen LogP contribution in [0.5, 0.6) is 11.5 Å². The van der Waals surface area contributed by atoms with Crippen LogP contribution in [-0.2, 0) is 17.8 Å². The second kappa shape index (κ2) is 7.31. The number of nitrogens with one attached hydrogen (secondary N) is 1. The number of ether oxygens (including phenoxy) is 2. The van der Waals surface area contributed by atoms with E-state index >= 15 is 0 Å². The van der Waals surface area contributed by atoms with Crippen molar-refractivity contribution in [3.8, 4) is 11.5 Å². The summed E-state index contributed by atoms with van der Waals surface area (Å²) in [5.41, 5.74) is 7.53. The van der Waals surface area contributed by atoms with E-state index in [9.17, 15) is 4.79 Å². The molecule has 21 heavy (non-hydrogen) atoms. The second-order valence-electron chi connectivity index (χ2n) is 5.30. The first kappa shape index (κ1) is 15.6. The van der Waals surface area contributed by atoms with Gasteiger partial charge in [-0.2, -0.15) is 0 Å². The van der Waals surface area contributed by atoms with Crippen LogP contribution in [0, 0.1) is 0 Å². The maximum atomic E-state index is 11.7. The number of fused-ring (bicyclic) bond motifs is 1. The summed E-state index contributed by atoms with van der Waals surface area (Å²) in [6.45, 7) is 5.58. The molecule has 0 saturated heterocycles. The minimum Gasteiger partial charge on any atom is -0.494 e. The Kier molecular flexibility index (Phi) is 5.44. The van der Waals surface area contributed by atoms with Crippen LogP contribution in [0.25, 0.3) is 0 Å². The molecule has 0 bridgehead atoms. The first-order valence-electron chi connectivity index (χ1n) is 7.56. The van der Waals surface area contributed by atoms with Crippen molar-refractivity contribution in [2.75, 3.05) is 13.2 Å². The summed E-state index contributed by atoms with van der Waals surface area (Å²) >= 11 is 0. The van der Waals surface area contributed by atoms with Crippen LogP contribution in [0.1, 0.15) is 37.8 Å². The minimum absolute atomic E-state index is 0.0117. The fourth-order valence-electron chi connectivity index (χ4n) is 2.45. The van der Waals surface area contributed by atoms with Gasteiger partial charge in [0.15, 0.2) is 0 Å². The molecular formula is C16H24N2O3. The van der Waals surface area contributed by atoms with Crippen LogP contribution >= 0.6 is 0 Å². The lowest BCUT2D eigenvalue weighted by Gasteiger charge is -2.13. The Labute approximate surface area is 125 Å². The van der Waals surface area contributed by atoms with E-state index in [0.717, 1.165) is 23.5 Å². The molecule has 0 fully saturated rings. The largest absolute Gasteiger partial charge is 0.494 e. The average Bonchev–Trinajstić information content (AvgIpc) is 2.82. The summed E-state index contributed by atoms with van der Waals surface area (Å²) in [5.74, 6) is 1.74. The van der Waals surface area contributed by atoms with E-state index in [-0.39, 0.29) is 12.0 Å². The first-order chi connectivity index (χ1) is 10.1. The van der Waals surface area contributed by atoms with E-state index < -0.39 is 0 Å². The van der Waals surface area contributed by atoms with Crippen LogP contribution < -0.4 is 20.5 Å². The molecule has 0 radical (unpaired) electrons. The fourth-order valence-corrected chi connectivity index (χ4v) is 2.45. The third-order valence-corrected chi connectivity index (χ3v) is 3.46.